The van der Waals surface area contributed by atoms with Gasteiger partial charge in [0.25, 0.3) is 0 Å². The van der Waals surface area contributed by atoms with Crippen LogP contribution in [0.15, 0.2) is 198 Å². The van der Waals surface area contributed by atoms with Crippen LogP contribution in [0.25, 0.3) is 60.9 Å². The molecule has 0 saturated carbocycles. The largest absolute Gasteiger partial charge is 0.308 e. The lowest BCUT2D eigenvalue weighted by Gasteiger charge is -2.34. The van der Waals surface area contributed by atoms with E-state index >= 15 is 0 Å². The first kappa shape index (κ1) is 30.2. The molecule has 2 heterocycles. The number of hydrogen-bond donors (Lipinski definition) is 0. The minimum absolute atomic E-state index is 0.348. The molecule has 53 heavy (non-hydrogen) atoms. The predicted molar refractivity (Wildman–Crippen MR) is 214 cm³/mol. The molecule has 1 aliphatic heterocycles. The molecule has 0 N–H and O–H groups in total. The van der Waals surface area contributed by atoms with E-state index < -0.39 is 15.3 Å². The monoisotopic (exact) mass is 697 g/mol. The van der Waals surface area contributed by atoms with Crippen molar-refractivity contribution in [1.29, 1.82) is 0 Å². The third-order valence-corrected chi connectivity index (χ3v) is 13.3. The van der Waals surface area contributed by atoms with Gasteiger partial charge in [0.2, 0.25) is 9.84 Å². The molecule has 2 aliphatic rings. The Hall–Kier alpha value is -6.49. The molecule has 0 unspecified atom stereocenters. The number of para-hydroxylation sites is 2. The van der Waals surface area contributed by atoms with E-state index in [4.69, 9.17) is 0 Å². The average molecular weight is 698 g/mol. The first-order valence-electron chi connectivity index (χ1n) is 17.9. The van der Waals surface area contributed by atoms with Crippen LogP contribution >= 0.6 is 0 Å². The minimum atomic E-state index is -3.82. The highest BCUT2D eigenvalue weighted by Crippen LogP contribution is 2.57. The van der Waals surface area contributed by atoms with Gasteiger partial charge in [-0.1, -0.05) is 152 Å². The summed E-state index contributed by atoms with van der Waals surface area (Å²) in [7, 11) is -3.82. The van der Waals surface area contributed by atoms with Crippen LogP contribution in [0, 0.1) is 0 Å². The Morgan fingerprint density at radius 3 is 1.66 bits per heavy atom. The molecule has 1 aromatic heterocycles. The van der Waals surface area contributed by atoms with Crippen molar-refractivity contribution < 1.29 is 8.42 Å². The van der Waals surface area contributed by atoms with E-state index in [9.17, 15) is 8.42 Å². The van der Waals surface area contributed by atoms with Gasteiger partial charge in [0.1, 0.15) is 4.90 Å². The topological polar surface area (TPSA) is 39.1 Å². The normalized spacial score (nSPS) is 14.5. The fraction of sp³-hybridized carbons (Fsp3) is 0.0204. The Morgan fingerprint density at radius 2 is 0.962 bits per heavy atom. The van der Waals surface area contributed by atoms with Gasteiger partial charge in [-0.15, -0.1) is 0 Å². The van der Waals surface area contributed by atoms with Crippen molar-refractivity contribution >= 4 is 31.6 Å². The van der Waals surface area contributed by atoms with Crippen LogP contribution in [0.5, 0.6) is 0 Å². The maximum atomic E-state index is 14.6. The summed E-state index contributed by atoms with van der Waals surface area (Å²) in [5, 5.41) is 2.19. The van der Waals surface area contributed by atoms with Crippen LogP contribution in [0.2, 0.25) is 0 Å². The summed E-state index contributed by atoms with van der Waals surface area (Å²) in [5.41, 5.74) is 12.9. The average Bonchev–Trinajstić information content (AvgIpc) is 3.80. The van der Waals surface area contributed by atoms with Gasteiger partial charge in [-0.3, -0.25) is 0 Å². The van der Waals surface area contributed by atoms with Gasteiger partial charge >= 0.3 is 0 Å². The molecule has 4 heteroatoms. The molecule has 1 aliphatic carbocycles. The van der Waals surface area contributed by atoms with Gasteiger partial charge in [-0.2, -0.15) is 0 Å². The second-order valence-corrected chi connectivity index (χ2v) is 15.9. The van der Waals surface area contributed by atoms with E-state index in [1.165, 1.54) is 33.4 Å². The van der Waals surface area contributed by atoms with Crippen LogP contribution < -0.4 is 0 Å². The molecular formula is C49H31NO2S. The van der Waals surface area contributed by atoms with Crippen molar-refractivity contribution in [3.8, 4) is 39.1 Å². The summed E-state index contributed by atoms with van der Waals surface area (Å²) in [6.45, 7) is 0. The highest BCUT2D eigenvalue weighted by atomic mass is 32.2. The van der Waals surface area contributed by atoms with E-state index in [1.807, 2.05) is 48.5 Å². The van der Waals surface area contributed by atoms with Crippen molar-refractivity contribution in [2.45, 2.75) is 15.2 Å². The first-order valence-corrected chi connectivity index (χ1v) is 19.4. The zero-order chi connectivity index (χ0) is 35.3. The van der Waals surface area contributed by atoms with Crippen molar-refractivity contribution in [1.82, 2.24) is 4.57 Å². The lowest BCUT2D eigenvalue weighted by molar-refractivity contribution is 0.598. The Kier molecular flexibility index (Phi) is 6.26. The van der Waals surface area contributed by atoms with Gasteiger partial charge < -0.3 is 4.57 Å². The molecule has 0 amide bonds. The van der Waals surface area contributed by atoms with Crippen LogP contribution in [-0.2, 0) is 15.3 Å². The molecule has 0 spiro atoms. The van der Waals surface area contributed by atoms with Crippen LogP contribution in [0.1, 0.15) is 22.3 Å². The molecule has 11 rings (SSSR count). The van der Waals surface area contributed by atoms with Gasteiger partial charge in [-0.25, -0.2) is 8.42 Å². The Balaban J connectivity index is 1.13. The minimum Gasteiger partial charge on any atom is -0.308 e. The van der Waals surface area contributed by atoms with E-state index in [-0.39, 0.29) is 0 Å². The molecule has 0 saturated heterocycles. The number of benzene rings is 8. The standard InChI is InChI=1S/C49H31NO2S/c51-53(52)47-29-27-32(30-41(47)40-21-13-25-46(48(40)53)50-44-23-11-8-19-38(44)39-20-9-12-24-45(39)50)33-26-28-37-36-18-7-10-22-42(36)49(43(37)31-33,34-14-3-1-4-15-34)35-16-5-2-6-17-35/h1-31H. The lowest BCUT2D eigenvalue weighted by Crippen LogP contribution is -2.28. The van der Waals surface area contributed by atoms with E-state index in [2.05, 4.69) is 138 Å². The summed E-state index contributed by atoms with van der Waals surface area (Å²) in [6, 6.07) is 65.2. The maximum Gasteiger partial charge on any atom is 0.209 e. The molecule has 0 bridgehead atoms. The van der Waals surface area contributed by atoms with Crippen LogP contribution in [0.4, 0.5) is 0 Å². The Morgan fingerprint density at radius 1 is 0.415 bits per heavy atom. The molecule has 3 nitrogen and oxygen atoms in total. The maximum absolute atomic E-state index is 14.6. The number of nitrogens with zero attached hydrogens (tertiary/aromatic N) is 1. The highest BCUT2D eigenvalue weighted by Gasteiger charge is 2.46. The van der Waals surface area contributed by atoms with Crippen molar-refractivity contribution in [2.24, 2.45) is 0 Å². The molecule has 0 atom stereocenters. The quantitative estimate of drug-likeness (QED) is 0.184. The summed E-state index contributed by atoms with van der Waals surface area (Å²) >= 11 is 0. The van der Waals surface area contributed by atoms with Crippen LogP contribution in [0.3, 0.4) is 0 Å². The van der Waals surface area contributed by atoms with Crippen LogP contribution in [-0.4, -0.2) is 13.0 Å². The zero-order valence-electron chi connectivity index (χ0n) is 28.6. The molecule has 0 radical (unpaired) electrons. The predicted octanol–water partition coefficient (Wildman–Crippen LogP) is 11.6. The van der Waals surface area contributed by atoms with Gasteiger partial charge in [0.15, 0.2) is 0 Å². The lowest BCUT2D eigenvalue weighted by atomic mass is 9.67. The van der Waals surface area contributed by atoms with Crippen molar-refractivity contribution in [2.75, 3.05) is 0 Å². The molecule has 250 valence electrons. The smallest absolute Gasteiger partial charge is 0.209 e. The molecule has 8 aromatic carbocycles. The van der Waals surface area contributed by atoms with Gasteiger partial charge in [-0.05, 0) is 80.9 Å². The molecule has 9 aromatic rings. The zero-order valence-corrected chi connectivity index (χ0v) is 29.4. The van der Waals surface area contributed by atoms with Gasteiger partial charge in [0, 0.05) is 21.9 Å². The van der Waals surface area contributed by atoms with Crippen molar-refractivity contribution in [3.05, 3.63) is 210 Å². The number of sulfone groups is 1. The number of hydrogen-bond acceptors (Lipinski definition) is 2. The molecule has 0 fully saturated rings. The van der Waals surface area contributed by atoms with Crippen molar-refractivity contribution in [3.63, 3.8) is 0 Å². The first-order chi connectivity index (χ1) is 26.1. The van der Waals surface area contributed by atoms with E-state index in [0.29, 0.717) is 15.5 Å². The SMILES string of the molecule is O=S1(=O)c2ccc(-c3ccc4c(c3)C(c3ccccc3)(c3ccccc3)c3ccccc3-4)cc2-c2cccc(-n3c4ccccc4c4ccccc43)c21. The highest BCUT2D eigenvalue weighted by molar-refractivity contribution is 7.92. The Labute approximate surface area is 308 Å². The van der Waals surface area contributed by atoms with Gasteiger partial charge in [0.05, 0.1) is 27.0 Å². The van der Waals surface area contributed by atoms with E-state index in [1.54, 1.807) is 6.07 Å². The fourth-order valence-corrected chi connectivity index (χ4v) is 11.1. The summed E-state index contributed by atoms with van der Waals surface area (Å²) in [5.74, 6) is 0. The summed E-state index contributed by atoms with van der Waals surface area (Å²) < 4.78 is 31.3. The summed E-state index contributed by atoms with van der Waals surface area (Å²) in [6.07, 6.45) is 0. The summed E-state index contributed by atoms with van der Waals surface area (Å²) in [4.78, 5) is 0.705. The molecular weight excluding hydrogens is 667 g/mol. The number of fused-ring (bicyclic) bond motifs is 9. The fourth-order valence-electron chi connectivity index (χ4n) is 9.27. The second kappa shape index (κ2) is 11.0. The second-order valence-electron chi connectivity index (χ2n) is 14.0. The third-order valence-electron chi connectivity index (χ3n) is 11.4. The Bertz CT molecular complexity index is 2980. The third kappa shape index (κ3) is 4.01. The number of aromatic nitrogens is 1. The number of rotatable bonds is 4. The van der Waals surface area contributed by atoms with E-state index in [0.717, 1.165) is 44.1 Å².